The first-order chi connectivity index (χ1) is 29.5. The number of unbranched alkanes of at least 4 members (excludes halogenated alkanes) is 18. The number of hydrogen-bond acceptors (Lipinski definition) is 6. The minimum absolute atomic E-state index is 0.116. The first-order valence-corrected chi connectivity index (χ1v) is 24.0. The number of allylic oxidation sites excluding steroid dienone is 18. The topological polar surface area (TPSA) is 78.9 Å². The lowest BCUT2D eigenvalue weighted by atomic mass is 10.1. The van der Waals surface area contributed by atoms with Gasteiger partial charge in [-0.15, -0.1) is 0 Å². The standard InChI is InChI=1S/C54H86O6/c1-4-7-10-13-16-19-22-24-25-26-27-28-29-31-32-35-38-41-44-47-53(56)59-50-51(49-58-52(55)46-43-40-37-34-21-18-15-12-9-6-3)60-54(57)48-45-42-39-36-33-30-23-20-17-14-11-8-5-2/h7,10,13,16,19,22,24-33,39,42,51H,4-6,8-9,11-12,14-15,17-18,20-21,23,34-38,40-41,43-50H2,1-3H3/b10-7-,16-13-,22-19-,25-24-,27-26+,29-28-,32-31-,33-30-,42-39-. The molecule has 0 bridgehead atoms. The lowest BCUT2D eigenvalue weighted by molar-refractivity contribution is -0.166. The van der Waals surface area contributed by atoms with E-state index < -0.39 is 12.1 Å². The summed E-state index contributed by atoms with van der Waals surface area (Å²) in [5.41, 5.74) is 0. The molecule has 1 unspecified atom stereocenters. The minimum Gasteiger partial charge on any atom is -0.462 e. The summed E-state index contributed by atoms with van der Waals surface area (Å²) in [5, 5.41) is 0. The second-order valence-electron chi connectivity index (χ2n) is 15.5. The van der Waals surface area contributed by atoms with Crippen molar-refractivity contribution < 1.29 is 28.6 Å². The Morgan fingerprint density at radius 1 is 0.367 bits per heavy atom. The van der Waals surface area contributed by atoms with E-state index in [2.05, 4.69) is 51.2 Å². The Morgan fingerprint density at radius 3 is 1.23 bits per heavy atom. The molecule has 0 amide bonds. The average molecular weight is 831 g/mol. The largest absolute Gasteiger partial charge is 0.462 e. The van der Waals surface area contributed by atoms with Gasteiger partial charge in [0.15, 0.2) is 6.10 Å². The highest BCUT2D eigenvalue weighted by molar-refractivity contribution is 5.71. The molecular weight excluding hydrogens is 745 g/mol. The van der Waals surface area contributed by atoms with E-state index in [1.165, 1.54) is 83.5 Å². The summed E-state index contributed by atoms with van der Waals surface area (Å²) in [6, 6.07) is 0. The van der Waals surface area contributed by atoms with E-state index in [1.54, 1.807) is 0 Å². The maximum Gasteiger partial charge on any atom is 0.306 e. The summed E-state index contributed by atoms with van der Waals surface area (Å²) >= 11 is 0. The van der Waals surface area contributed by atoms with Crippen molar-refractivity contribution in [3.05, 3.63) is 109 Å². The highest BCUT2D eigenvalue weighted by Gasteiger charge is 2.19. The van der Waals surface area contributed by atoms with E-state index in [0.29, 0.717) is 19.3 Å². The van der Waals surface area contributed by atoms with Crippen LogP contribution < -0.4 is 0 Å². The number of rotatable bonds is 41. The summed E-state index contributed by atoms with van der Waals surface area (Å²) in [6.07, 6.45) is 63.6. The van der Waals surface area contributed by atoms with Gasteiger partial charge in [0.1, 0.15) is 13.2 Å². The molecule has 0 aromatic carbocycles. The molecule has 0 aliphatic carbocycles. The third kappa shape index (κ3) is 45.2. The van der Waals surface area contributed by atoms with Gasteiger partial charge in [-0.05, 0) is 57.8 Å². The van der Waals surface area contributed by atoms with Crippen molar-refractivity contribution in [1.29, 1.82) is 0 Å². The zero-order chi connectivity index (χ0) is 43.7. The minimum atomic E-state index is -0.826. The first kappa shape index (κ1) is 56.1. The average Bonchev–Trinajstić information content (AvgIpc) is 3.24. The molecule has 1 atom stereocenters. The van der Waals surface area contributed by atoms with Crippen molar-refractivity contribution in [2.75, 3.05) is 13.2 Å². The predicted octanol–water partition coefficient (Wildman–Crippen LogP) is 15.6. The van der Waals surface area contributed by atoms with Crippen molar-refractivity contribution in [3.8, 4) is 0 Å². The molecule has 0 N–H and O–H groups in total. The molecule has 6 nitrogen and oxygen atoms in total. The smallest absolute Gasteiger partial charge is 0.306 e. The number of ether oxygens (including phenoxy) is 3. The molecule has 338 valence electrons. The van der Waals surface area contributed by atoms with Crippen LogP contribution in [0.1, 0.15) is 194 Å². The van der Waals surface area contributed by atoms with Gasteiger partial charge in [-0.25, -0.2) is 0 Å². The third-order valence-corrected chi connectivity index (χ3v) is 9.72. The molecule has 0 aromatic rings. The molecule has 0 radical (unpaired) electrons. The molecule has 0 heterocycles. The number of esters is 3. The molecule has 6 heteroatoms. The van der Waals surface area contributed by atoms with Crippen molar-refractivity contribution in [2.24, 2.45) is 0 Å². The summed E-state index contributed by atoms with van der Waals surface area (Å²) in [6.45, 7) is 6.35. The fourth-order valence-corrected chi connectivity index (χ4v) is 6.12. The van der Waals surface area contributed by atoms with Gasteiger partial charge in [-0.2, -0.15) is 0 Å². The van der Waals surface area contributed by atoms with Gasteiger partial charge in [0.25, 0.3) is 0 Å². The summed E-state index contributed by atoms with van der Waals surface area (Å²) in [4.78, 5) is 37.8. The normalized spacial score (nSPS) is 13.1. The Bertz CT molecular complexity index is 1280. The third-order valence-electron chi connectivity index (χ3n) is 9.72. The molecule has 0 saturated carbocycles. The monoisotopic (exact) mass is 831 g/mol. The molecule has 0 spiro atoms. The molecule has 0 aliphatic rings. The molecule has 0 aliphatic heterocycles. The molecule has 0 fully saturated rings. The maximum atomic E-state index is 12.7. The fourth-order valence-electron chi connectivity index (χ4n) is 6.12. The van der Waals surface area contributed by atoms with Crippen LogP contribution in [-0.2, 0) is 28.6 Å². The molecule has 0 rings (SSSR count). The first-order valence-electron chi connectivity index (χ1n) is 24.0. The Balaban J connectivity index is 4.55. The van der Waals surface area contributed by atoms with E-state index in [4.69, 9.17) is 14.2 Å². The van der Waals surface area contributed by atoms with Crippen LogP contribution in [0.2, 0.25) is 0 Å². The number of carbonyl (C=O) groups is 3. The zero-order valence-electron chi connectivity index (χ0n) is 38.4. The van der Waals surface area contributed by atoms with Crippen LogP contribution in [0.4, 0.5) is 0 Å². The SMILES string of the molecule is CC\C=C/C=C\C=C/C=C\C=C\C=C/C=C\CCCCCC(=O)OCC(COC(=O)CCCCCCCCCCCC)OC(=O)CC/C=C\C/C=C\CCCCCCCC. The second kappa shape index (κ2) is 47.7. The van der Waals surface area contributed by atoms with Gasteiger partial charge in [0, 0.05) is 19.3 Å². The van der Waals surface area contributed by atoms with Gasteiger partial charge in [-0.1, -0.05) is 226 Å². The maximum absolute atomic E-state index is 12.7. The fraction of sp³-hybridized carbons (Fsp3) is 0.611. The Hall–Kier alpha value is -3.93. The van der Waals surface area contributed by atoms with Crippen molar-refractivity contribution >= 4 is 17.9 Å². The second-order valence-corrected chi connectivity index (χ2v) is 15.5. The number of hydrogen-bond donors (Lipinski definition) is 0. The summed E-state index contributed by atoms with van der Waals surface area (Å²) in [7, 11) is 0. The lowest BCUT2D eigenvalue weighted by Crippen LogP contribution is -2.30. The predicted molar refractivity (Wildman–Crippen MR) is 256 cm³/mol. The Labute approximate surface area is 368 Å². The van der Waals surface area contributed by atoms with Gasteiger partial charge in [0.05, 0.1) is 0 Å². The van der Waals surface area contributed by atoms with E-state index in [1.807, 2.05) is 79.0 Å². The van der Waals surface area contributed by atoms with Gasteiger partial charge < -0.3 is 14.2 Å². The van der Waals surface area contributed by atoms with Gasteiger partial charge in [-0.3, -0.25) is 14.4 Å². The molecule has 0 saturated heterocycles. The quantitative estimate of drug-likeness (QED) is 0.0201. The van der Waals surface area contributed by atoms with Crippen LogP contribution in [0.25, 0.3) is 0 Å². The van der Waals surface area contributed by atoms with E-state index in [-0.39, 0.29) is 31.6 Å². The van der Waals surface area contributed by atoms with E-state index in [0.717, 1.165) is 64.2 Å². The lowest BCUT2D eigenvalue weighted by Gasteiger charge is -2.18. The summed E-state index contributed by atoms with van der Waals surface area (Å²) < 4.78 is 16.6. The van der Waals surface area contributed by atoms with Crippen molar-refractivity contribution in [1.82, 2.24) is 0 Å². The Morgan fingerprint density at radius 2 is 0.750 bits per heavy atom. The van der Waals surface area contributed by atoms with Crippen molar-refractivity contribution in [2.45, 2.75) is 200 Å². The molecular formula is C54H86O6. The zero-order valence-corrected chi connectivity index (χ0v) is 38.4. The molecule has 60 heavy (non-hydrogen) atoms. The van der Waals surface area contributed by atoms with Crippen molar-refractivity contribution in [3.63, 3.8) is 0 Å². The molecule has 0 aromatic heterocycles. The van der Waals surface area contributed by atoms with E-state index in [9.17, 15) is 14.4 Å². The van der Waals surface area contributed by atoms with Crippen LogP contribution in [0.15, 0.2) is 109 Å². The van der Waals surface area contributed by atoms with Crippen LogP contribution in [0, 0.1) is 0 Å². The van der Waals surface area contributed by atoms with Gasteiger partial charge in [0.2, 0.25) is 0 Å². The Kier molecular flexibility index (Phi) is 44.6. The van der Waals surface area contributed by atoms with Gasteiger partial charge >= 0.3 is 17.9 Å². The van der Waals surface area contributed by atoms with Crippen LogP contribution in [0.5, 0.6) is 0 Å². The highest BCUT2D eigenvalue weighted by atomic mass is 16.6. The summed E-state index contributed by atoms with van der Waals surface area (Å²) in [5.74, 6) is -1.04. The highest BCUT2D eigenvalue weighted by Crippen LogP contribution is 2.13. The number of carbonyl (C=O) groups excluding carboxylic acids is 3. The van der Waals surface area contributed by atoms with E-state index >= 15 is 0 Å². The van der Waals surface area contributed by atoms with Crippen LogP contribution >= 0.6 is 0 Å². The van der Waals surface area contributed by atoms with Crippen LogP contribution in [-0.4, -0.2) is 37.2 Å². The van der Waals surface area contributed by atoms with Crippen LogP contribution in [0.3, 0.4) is 0 Å².